The third-order valence-electron chi connectivity index (χ3n) is 6.82. The van der Waals surface area contributed by atoms with Crippen LogP contribution in [0.3, 0.4) is 0 Å². The Hall–Kier alpha value is -4.96. The highest BCUT2D eigenvalue weighted by molar-refractivity contribution is 5.66. The van der Waals surface area contributed by atoms with Crippen molar-refractivity contribution in [2.24, 2.45) is 0 Å². The van der Waals surface area contributed by atoms with Crippen LogP contribution in [0.2, 0.25) is 0 Å². The predicted molar refractivity (Wildman–Crippen MR) is 147 cm³/mol. The fourth-order valence-electron chi connectivity index (χ4n) is 5.01. The zero-order valence-corrected chi connectivity index (χ0v) is 20.5. The molecule has 1 aliphatic heterocycles. The summed E-state index contributed by atoms with van der Waals surface area (Å²) in [6.45, 7) is 0. The Balaban J connectivity index is 1.36. The van der Waals surface area contributed by atoms with Crippen molar-refractivity contribution in [3.05, 3.63) is 166 Å². The van der Waals surface area contributed by atoms with Gasteiger partial charge in [0.1, 0.15) is 57.9 Å². The minimum Gasteiger partial charge on any atom is -0.461 e. The second-order valence-electron chi connectivity index (χ2n) is 9.31. The predicted octanol–water partition coefficient (Wildman–Crippen LogP) is 9.07. The van der Waals surface area contributed by atoms with Crippen LogP contribution in [-0.2, 0) is 0 Å². The molecule has 0 aliphatic carbocycles. The molecule has 4 heteroatoms. The van der Waals surface area contributed by atoms with E-state index in [9.17, 15) is 0 Å². The van der Waals surface area contributed by atoms with Crippen molar-refractivity contribution in [1.29, 1.82) is 0 Å². The first-order valence-electron chi connectivity index (χ1n) is 12.7. The molecule has 1 aliphatic rings. The molecular formula is C34H24O4. The van der Waals surface area contributed by atoms with Crippen LogP contribution in [0.1, 0.15) is 69.0 Å². The van der Waals surface area contributed by atoms with Crippen LogP contribution in [0.15, 0.2) is 127 Å². The van der Waals surface area contributed by atoms with Crippen LogP contribution in [0.4, 0.5) is 0 Å². The minimum absolute atomic E-state index is 0.170. The third kappa shape index (κ3) is 4.27. The molecule has 0 unspecified atom stereocenters. The molecule has 8 bridgehead atoms. The van der Waals surface area contributed by atoms with Gasteiger partial charge in [0.25, 0.3) is 0 Å². The standard InChI is InChI=1S/C34H24O4/c1-3-7-23(8-4-1)33-29-19-15-25(35-29)11-13-27-17-21-31(37-27)34(24-9-5-2-6-10-24)32-22-18-28(38-32)14-12-26-16-20-30(33)36-26/h1-22,33-34H/b13-11+,14-12+. The van der Waals surface area contributed by atoms with Crippen LogP contribution in [-0.4, -0.2) is 0 Å². The Morgan fingerprint density at radius 2 is 0.605 bits per heavy atom. The molecule has 0 atom stereocenters. The van der Waals surface area contributed by atoms with Gasteiger partial charge in [0.2, 0.25) is 0 Å². The van der Waals surface area contributed by atoms with Gasteiger partial charge in [-0.2, -0.15) is 0 Å². The van der Waals surface area contributed by atoms with Gasteiger partial charge in [0.05, 0.1) is 0 Å². The van der Waals surface area contributed by atoms with Gasteiger partial charge in [-0.05, 0) is 84.0 Å². The summed E-state index contributed by atoms with van der Waals surface area (Å²) in [5, 5.41) is 0. The zero-order chi connectivity index (χ0) is 25.3. The SMILES string of the molecule is C1=C/c2ccc(o2)C(c2ccccc2)c2ccc(o2)/C=C/c2ccc(o2)C(c2ccccc2)c2ccc/1o2. The highest BCUT2D eigenvalue weighted by Gasteiger charge is 2.25. The third-order valence-corrected chi connectivity index (χ3v) is 6.82. The quantitative estimate of drug-likeness (QED) is 0.240. The highest BCUT2D eigenvalue weighted by Crippen LogP contribution is 2.37. The number of fused-ring (bicyclic) bond motifs is 8. The first kappa shape index (κ1) is 22.3. The van der Waals surface area contributed by atoms with E-state index in [4.69, 9.17) is 17.7 Å². The van der Waals surface area contributed by atoms with Crippen LogP contribution in [0.5, 0.6) is 0 Å². The lowest BCUT2D eigenvalue weighted by molar-refractivity contribution is 0.439. The molecule has 0 saturated heterocycles. The monoisotopic (exact) mass is 496 g/mol. The molecule has 4 nitrogen and oxygen atoms in total. The first-order chi connectivity index (χ1) is 18.8. The van der Waals surface area contributed by atoms with Crippen LogP contribution in [0.25, 0.3) is 24.3 Å². The average Bonchev–Trinajstić information content (AvgIpc) is 3.77. The van der Waals surface area contributed by atoms with Gasteiger partial charge in [0, 0.05) is 0 Å². The molecule has 4 aromatic heterocycles. The number of furan rings is 4. The summed E-state index contributed by atoms with van der Waals surface area (Å²) in [4.78, 5) is 0. The molecule has 7 rings (SSSR count). The number of rotatable bonds is 2. The van der Waals surface area contributed by atoms with E-state index in [2.05, 4.69) is 24.3 Å². The maximum absolute atomic E-state index is 6.30. The Bertz CT molecular complexity index is 1500. The summed E-state index contributed by atoms with van der Waals surface area (Å²) >= 11 is 0. The summed E-state index contributed by atoms with van der Waals surface area (Å²) in [5.74, 6) is 5.84. The van der Waals surface area contributed by atoms with E-state index in [-0.39, 0.29) is 11.8 Å². The Labute approximate surface area is 220 Å². The minimum atomic E-state index is -0.170. The molecular weight excluding hydrogens is 472 g/mol. The Kier molecular flexibility index (Phi) is 5.56. The summed E-state index contributed by atoms with van der Waals surface area (Å²) in [5.41, 5.74) is 2.19. The van der Waals surface area contributed by atoms with Crippen molar-refractivity contribution < 1.29 is 17.7 Å². The normalized spacial score (nSPS) is 18.4. The molecule has 184 valence electrons. The first-order valence-corrected chi connectivity index (χ1v) is 12.7. The molecule has 2 aromatic carbocycles. The average molecular weight is 497 g/mol. The molecule has 0 fully saturated rings. The second-order valence-corrected chi connectivity index (χ2v) is 9.31. The highest BCUT2D eigenvalue weighted by atomic mass is 16.4. The van der Waals surface area contributed by atoms with Gasteiger partial charge in [0.15, 0.2) is 0 Å². The van der Waals surface area contributed by atoms with Crippen LogP contribution >= 0.6 is 0 Å². The maximum Gasteiger partial charge on any atom is 0.127 e. The van der Waals surface area contributed by atoms with Crippen molar-refractivity contribution in [3.63, 3.8) is 0 Å². The van der Waals surface area contributed by atoms with E-state index in [0.717, 1.165) is 57.2 Å². The van der Waals surface area contributed by atoms with E-state index in [1.807, 2.05) is 109 Å². The fraction of sp³-hybridized carbons (Fsp3) is 0.0588. The van der Waals surface area contributed by atoms with E-state index < -0.39 is 0 Å². The number of hydrogen-bond donors (Lipinski definition) is 0. The molecule has 5 heterocycles. The van der Waals surface area contributed by atoms with Crippen LogP contribution < -0.4 is 0 Å². The van der Waals surface area contributed by atoms with Gasteiger partial charge < -0.3 is 17.7 Å². The summed E-state index contributed by atoms with van der Waals surface area (Å²) in [6, 6.07) is 36.4. The van der Waals surface area contributed by atoms with E-state index in [1.165, 1.54) is 0 Å². The maximum atomic E-state index is 6.30. The van der Waals surface area contributed by atoms with Crippen molar-refractivity contribution in [3.8, 4) is 0 Å². The molecule has 6 aromatic rings. The van der Waals surface area contributed by atoms with Gasteiger partial charge >= 0.3 is 0 Å². The lowest BCUT2D eigenvalue weighted by Crippen LogP contribution is -2.00. The lowest BCUT2D eigenvalue weighted by Gasteiger charge is -2.13. The topological polar surface area (TPSA) is 52.6 Å². The fourth-order valence-corrected chi connectivity index (χ4v) is 5.01. The zero-order valence-electron chi connectivity index (χ0n) is 20.5. The largest absolute Gasteiger partial charge is 0.461 e. The number of hydrogen-bond acceptors (Lipinski definition) is 4. The van der Waals surface area contributed by atoms with Gasteiger partial charge in [-0.15, -0.1) is 0 Å². The van der Waals surface area contributed by atoms with E-state index in [0.29, 0.717) is 0 Å². The van der Waals surface area contributed by atoms with Crippen molar-refractivity contribution in [2.75, 3.05) is 0 Å². The van der Waals surface area contributed by atoms with E-state index in [1.54, 1.807) is 0 Å². The van der Waals surface area contributed by atoms with Gasteiger partial charge in [-0.1, -0.05) is 60.7 Å². The van der Waals surface area contributed by atoms with Gasteiger partial charge in [-0.25, -0.2) is 0 Å². The second kappa shape index (κ2) is 9.49. The lowest BCUT2D eigenvalue weighted by atomic mass is 9.94. The Morgan fingerprint density at radius 1 is 0.316 bits per heavy atom. The Morgan fingerprint density at radius 3 is 0.895 bits per heavy atom. The molecule has 0 radical (unpaired) electrons. The summed E-state index contributed by atoms with van der Waals surface area (Å²) in [6.07, 6.45) is 7.71. The molecule has 0 saturated carbocycles. The summed E-state index contributed by atoms with van der Waals surface area (Å²) < 4.78 is 25.2. The van der Waals surface area contributed by atoms with Crippen molar-refractivity contribution in [1.82, 2.24) is 0 Å². The van der Waals surface area contributed by atoms with Crippen LogP contribution in [0, 0.1) is 0 Å². The molecule has 0 spiro atoms. The molecule has 0 amide bonds. The molecule has 0 N–H and O–H groups in total. The summed E-state index contributed by atoms with van der Waals surface area (Å²) in [7, 11) is 0. The van der Waals surface area contributed by atoms with Gasteiger partial charge in [-0.3, -0.25) is 0 Å². The molecule has 38 heavy (non-hydrogen) atoms. The van der Waals surface area contributed by atoms with Crippen molar-refractivity contribution >= 4 is 24.3 Å². The smallest absolute Gasteiger partial charge is 0.127 e. The van der Waals surface area contributed by atoms with E-state index >= 15 is 0 Å². The number of benzene rings is 2. The van der Waals surface area contributed by atoms with Crippen molar-refractivity contribution in [2.45, 2.75) is 11.8 Å².